The van der Waals surface area contributed by atoms with E-state index in [9.17, 15) is 0 Å². The summed E-state index contributed by atoms with van der Waals surface area (Å²) in [5.41, 5.74) is 2.10. The summed E-state index contributed by atoms with van der Waals surface area (Å²) in [6, 6.07) is 7.94. The lowest BCUT2D eigenvalue weighted by molar-refractivity contribution is 0.411. The lowest BCUT2D eigenvalue weighted by Crippen LogP contribution is -1.93. The third-order valence-electron chi connectivity index (χ3n) is 2.64. The van der Waals surface area contributed by atoms with E-state index in [1.165, 1.54) is 11.3 Å². The fraction of sp³-hybridized carbons (Fsp3) is 0.231. The van der Waals surface area contributed by atoms with Crippen molar-refractivity contribution in [1.29, 1.82) is 0 Å². The molecule has 1 aromatic heterocycles. The van der Waals surface area contributed by atoms with Crippen LogP contribution in [0.25, 0.3) is 0 Å². The summed E-state index contributed by atoms with van der Waals surface area (Å²) in [6.07, 6.45) is 0. The van der Waals surface area contributed by atoms with Crippen LogP contribution in [0.3, 0.4) is 0 Å². The molecule has 0 aliphatic carbocycles. The van der Waals surface area contributed by atoms with Gasteiger partial charge in [0, 0.05) is 9.35 Å². The summed E-state index contributed by atoms with van der Waals surface area (Å²) in [6.45, 7) is 2.00. The molecular formula is C13H11BrCl2OS. The SMILES string of the molecule is COc1cc(C(Cl)c2cc(Br)c(Cl)s2)ccc1C. The number of thiophene rings is 1. The van der Waals surface area contributed by atoms with Crippen LogP contribution in [0.5, 0.6) is 5.75 Å². The van der Waals surface area contributed by atoms with Crippen LogP contribution in [-0.2, 0) is 0 Å². The highest BCUT2D eigenvalue weighted by Crippen LogP contribution is 2.41. The van der Waals surface area contributed by atoms with Crippen molar-refractivity contribution in [2.45, 2.75) is 12.3 Å². The Bertz CT molecular complexity index is 549. The Hall–Kier alpha value is -0.220. The summed E-state index contributed by atoms with van der Waals surface area (Å²) in [7, 11) is 1.66. The molecule has 0 radical (unpaired) electrons. The van der Waals surface area contributed by atoms with Crippen molar-refractivity contribution >= 4 is 50.5 Å². The summed E-state index contributed by atoms with van der Waals surface area (Å²) < 4.78 is 6.91. The van der Waals surface area contributed by atoms with Gasteiger partial charge < -0.3 is 4.74 Å². The molecule has 1 nitrogen and oxygen atoms in total. The zero-order chi connectivity index (χ0) is 13.3. The number of halogens is 3. The molecule has 0 aliphatic rings. The minimum Gasteiger partial charge on any atom is -0.496 e. The molecule has 0 N–H and O–H groups in total. The van der Waals surface area contributed by atoms with Crippen molar-refractivity contribution in [2.24, 2.45) is 0 Å². The molecule has 2 rings (SSSR count). The summed E-state index contributed by atoms with van der Waals surface area (Å²) in [4.78, 5) is 1.01. The fourth-order valence-electron chi connectivity index (χ4n) is 1.65. The number of hydrogen-bond acceptors (Lipinski definition) is 2. The van der Waals surface area contributed by atoms with Crippen LogP contribution in [0, 0.1) is 6.92 Å². The fourth-order valence-corrected chi connectivity index (χ4v) is 3.72. The van der Waals surface area contributed by atoms with Crippen molar-refractivity contribution in [1.82, 2.24) is 0 Å². The van der Waals surface area contributed by atoms with Crippen LogP contribution in [-0.4, -0.2) is 7.11 Å². The van der Waals surface area contributed by atoms with Gasteiger partial charge in [0.2, 0.25) is 0 Å². The highest BCUT2D eigenvalue weighted by Gasteiger charge is 2.16. The number of benzene rings is 1. The molecule has 1 heterocycles. The Kier molecular flexibility index (Phi) is 4.59. The Morgan fingerprint density at radius 1 is 1.33 bits per heavy atom. The van der Waals surface area contributed by atoms with Crippen molar-refractivity contribution < 1.29 is 4.74 Å². The molecule has 0 aliphatic heterocycles. The topological polar surface area (TPSA) is 9.23 Å². The summed E-state index contributed by atoms with van der Waals surface area (Å²) in [5, 5.41) is -0.215. The molecule has 1 aromatic carbocycles. The lowest BCUT2D eigenvalue weighted by atomic mass is 10.1. The van der Waals surface area contributed by atoms with E-state index in [1.54, 1.807) is 7.11 Å². The van der Waals surface area contributed by atoms with Crippen molar-refractivity contribution in [3.05, 3.63) is 49.1 Å². The molecular weight excluding hydrogens is 355 g/mol. The molecule has 5 heteroatoms. The Morgan fingerprint density at radius 2 is 2.06 bits per heavy atom. The maximum absolute atomic E-state index is 6.47. The van der Waals surface area contributed by atoms with Crippen LogP contribution < -0.4 is 4.74 Å². The van der Waals surface area contributed by atoms with E-state index >= 15 is 0 Å². The van der Waals surface area contributed by atoms with Gasteiger partial charge in [0.25, 0.3) is 0 Å². The third-order valence-corrected chi connectivity index (χ3v) is 5.79. The highest BCUT2D eigenvalue weighted by atomic mass is 79.9. The van der Waals surface area contributed by atoms with E-state index in [1.807, 2.05) is 31.2 Å². The minimum absolute atomic E-state index is 0.215. The first-order valence-electron chi connectivity index (χ1n) is 5.26. The van der Waals surface area contributed by atoms with Gasteiger partial charge >= 0.3 is 0 Å². The summed E-state index contributed by atoms with van der Waals surface area (Å²) in [5.74, 6) is 0.847. The summed E-state index contributed by atoms with van der Waals surface area (Å²) >= 11 is 17.4. The second-order valence-electron chi connectivity index (χ2n) is 3.86. The molecule has 96 valence electrons. The van der Waals surface area contributed by atoms with Crippen LogP contribution in [0.1, 0.15) is 21.4 Å². The Morgan fingerprint density at radius 3 is 2.61 bits per heavy atom. The first-order valence-corrected chi connectivity index (χ1v) is 7.68. The highest BCUT2D eigenvalue weighted by molar-refractivity contribution is 9.10. The zero-order valence-electron chi connectivity index (χ0n) is 9.84. The van der Waals surface area contributed by atoms with Gasteiger partial charge in [-0.15, -0.1) is 22.9 Å². The van der Waals surface area contributed by atoms with Crippen LogP contribution in [0.4, 0.5) is 0 Å². The molecule has 0 bridgehead atoms. The number of aryl methyl sites for hydroxylation is 1. The Balaban J connectivity index is 2.36. The van der Waals surface area contributed by atoms with Crippen LogP contribution in [0.15, 0.2) is 28.7 Å². The largest absolute Gasteiger partial charge is 0.496 e. The molecule has 0 amide bonds. The van der Waals surface area contributed by atoms with Crippen molar-refractivity contribution in [2.75, 3.05) is 7.11 Å². The van der Waals surface area contributed by atoms with E-state index in [-0.39, 0.29) is 5.38 Å². The van der Waals surface area contributed by atoms with Gasteiger partial charge in [-0.25, -0.2) is 0 Å². The number of ether oxygens (including phenoxy) is 1. The van der Waals surface area contributed by atoms with Gasteiger partial charge in [0.1, 0.15) is 10.1 Å². The Labute approximate surface area is 129 Å². The molecule has 18 heavy (non-hydrogen) atoms. The molecule has 0 saturated carbocycles. The minimum atomic E-state index is -0.215. The van der Waals surface area contributed by atoms with Crippen LogP contribution in [0.2, 0.25) is 4.34 Å². The van der Waals surface area contributed by atoms with Gasteiger partial charge in [0.15, 0.2) is 0 Å². The second kappa shape index (κ2) is 5.83. The predicted molar refractivity (Wildman–Crippen MR) is 82.5 cm³/mol. The maximum atomic E-state index is 6.47. The number of rotatable bonds is 3. The normalized spacial score (nSPS) is 12.5. The smallest absolute Gasteiger partial charge is 0.122 e. The molecule has 0 fully saturated rings. The molecule has 0 saturated heterocycles. The van der Waals surface area contributed by atoms with Gasteiger partial charge in [0.05, 0.1) is 12.5 Å². The molecule has 1 unspecified atom stereocenters. The molecule has 0 spiro atoms. The number of methoxy groups -OCH3 is 1. The van der Waals surface area contributed by atoms with Gasteiger partial charge in [-0.05, 0) is 46.1 Å². The lowest BCUT2D eigenvalue weighted by Gasteiger charge is -2.11. The van der Waals surface area contributed by atoms with E-state index in [4.69, 9.17) is 27.9 Å². The van der Waals surface area contributed by atoms with E-state index in [0.717, 1.165) is 30.6 Å². The molecule has 2 aromatic rings. The standard InChI is InChI=1S/C13H11BrCl2OS/c1-7-3-4-8(5-10(7)17-2)12(15)11-6-9(14)13(16)18-11/h3-6,12H,1-2H3. The quantitative estimate of drug-likeness (QED) is 0.623. The average molecular weight is 366 g/mol. The van der Waals surface area contributed by atoms with Gasteiger partial charge in [-0.1, -0.05) is 23.7 Å². The first-order chi connectivity index (χ1) is 8.52. The molecule has 1 atom stereocenters. The van der Waals surface area contributed by atoms with Crippen molar-refractivity contribution in [3.63, 3.8) is 0 Å². The van der Waals surface area contributed by atoms with Crippen molar-refractivity contribution in [3.8, 4) is 5.75 Å². The average Bonchev–Trinajstić information content (AvgIpc) is 2.69. The third kappa shape index (κ3) is 2.85. The van der Waals surface area contributed by atoms with Gasteiger partial charge in [-0.2, -0.15) is 0 Å². The van der Waals surface area contributed by atoms with Gasteiger partial charge in [-0.3, -0.25) is 0 Å². The van der Waals surface area contributed by atoms with E-state index in [0.29, 0.717) is 0 Å². The predicted octanol–water partition coefficient (Wildman–Crippen LogP) is 5.81. The zero-order valence-corrected chi connectivity index (χ0v) is 13.8. The second-order valence-corrected chi connectivity index (χ2v) is 6.84. The number of alkyl halides is 1. The maximum Gasteiger partial charge on any atom is 0.122 e. The first kappa shape index (κ1) is 14.2. The van der Waals surface area contributed by atoms with Crippen LogP contribution >= 0.6 is 50.5 Å². The van der Waals surface area contributed by atoms with E-state index < -0.39 is 0 Å². The van der Waals surface area contributed by atoms with E-state index in [2.05, 4.69) is 15.9 Å². The number of hydrogen-bond donors (Lipinski definition) is 0. The monoisotopic (exact) mass is 364 g/mol.